The molecule has 3 N–H and O–H groups in total. The van der Waals surface area contributed by atoms with Gasteiger partial charge in [0.2, 0.25) is 5.91 Å². The fraction of sp³-hybridized carbons (Fsp3) is 0.429. The Bertz CT molecular complexity index is 861. The van der Waals surface area contributed by atoms with E-state index in [1.807, 2.05) is 31.2 Å². The molecule has 1 aromatic heterocycles. The van der Waals surface area contributed by atoms with Gasteiger partial charge in [0.15, 0.2) is 0 Å². The van der Waals surface area contributed by atoms with E-state index in [-0.39, 0.29) is 17.1 Å². The first-order chi connectivity index (χ1) is 13.4. The number of fused-ring (bicyclic) bond motifs is 1. The average Bonchev–Trinajstić information content (AvgIpc) is 3.03. The lowest BCUT2D eigenvalue weighted by Gasteiger charge is -2.18. The Balaban J connectivity index is 1.82. The summed E-state index contributed by atoms with van der Waals surface area (Å²) in [6.07, 6.45) is 3.52. The minimum atomic E-state index is -0.374. The van der Waals surface area contributed by atoms with Crippen LogP contribution in [0.2, 0.25) is 0 Å². The van der Waals surface area contributed by atoms with E-state index in [0.29, 0.717) is 28.6 Å². The number of hydrogen-bond acceptors (Lipinski definition) is 6. The van der Waals surface area contributed by atoms with Crippen LogP contribution in [0.25, 0.3) is 0 Å². The molecule has 0 saturated heterocycles. The summed E-state index contributed by atoms with van der Waals surface area (Å²) in [5.74, 6) is 0.118. The highest BCUT2D eigenvalue weighted by Crippen LogP contribution is 2.40. The van der Waals surface area contributed by atoms with Gasteiger partial charge in [0.1, 0.15) is 5.00 Å². The predicted molar refractivity (Wildman–Crippen MR) is 116 cm³/mol. The van der Waals surface area contributed by atoms with Gasteiger partial charge in [-0.2, -0.15) is 0 Å². The molecule has 2 unspecified atom stereocenters. The van der Waals surface area contributed by atoms with Crippen molar-refractivity contribution in [1.82, 2.24) is 0 Å². The molecule has 0 bridgehead atoms. The van der Waals surface area contributed by atoms with Crippen LogP contribution in [-0.2, 0) is 22.4 Å². The molecular weight excluding hydrogens is 392 g/mol. The topological polar surface area (TPSA) is 81.4 Å². The van der Waals surface area contributed by atoms with E-state index in [4.69, 9.17) is 10.5 Å². The first kappa shape index (κ1) is 20.7. The molecule has 150 valence electrons. The average molecular weight is 419 g/mol. The molecular formula is C21H26N2O3S2. The van der Waals surface area contributed by atoms with Crippen LogP contribution in [-0.4, -0.2) is 24.2 Å². The maximum atomic E-state index is 13.0. The monoisotopic (exact) mass is 418 g/mol. The number of nitrogens with one attached hydrogen (secondary N) is 1. The van der Waals surface area contributed by atoms with E-state index in [1.54, 1.807) is 0 Å². The zero-order chi connectivity index (χ0) is 20.3. The van der Waals surface area contributed by atoms with E-state index >= 15 is 0 Å². The van der Waals surface area contributed by atoms with E-state index in [0.717, 1.165) is 29.7 Å². The van der Waals surface area contributed by atoms with Crippen molar-refractivity contribution < 1.29 is 14.3 Å². The summed E-state index contributed by atoms with van der Waals surface area (Å²) in [7, 11) is 1.38. The third-order valence-electron chi connectivity index (χ3n) is 4.96. The van der Waals surface area contributed by atoms with Crippen molar-refractivity contribution in [2.45, 2.75) is 49.7 Å². The number of nitrogen functional groups attached to an aromatic ring is 1. The molecule has 0 saturated carbocycles. The standard InChI is InChI=1S/C21H26N2O3S2/c1-4-16(27-14-8-6-13(22)7-9-14)19(24)23-20-18(21(25)26-3)15-10-5-12(2)11-17(15)28-20/h6-9,12,16H,4-5,10-11,22H2,1-3H3,(H,23,24). The Labute approximate surface area is 174 Å². The van der Waals surface area contributed by atoms with Crippen molar-refractivity contribution in [2.75, 3.05) is 18.2 Å². The summed E-state index contributed by atoms with van der Waals surface area (Å²) >= 11 is 3.02. The van der Waals surface area contributed by atoms with E-state index in [9.17, 15) is 9.59 Å². The highest BCUT2D eigenvalue weighted by Gasteiger charge is 2.30. The molecule has 0 fully saturated rings. The quantitative estimate of drug-likeness (QED) is 0.402. The highest BCUT2D eigenvalue weighted by molar-refractivity contribution is 8.00. The van der Waals surface area contributed by atoms with E-state index in [1.165, 1.54) is 35.1 Å². The Morgan fingerprint density at radius 3 is 2.71 bits per heavy atom. The molecule has 3 rings (SSSR count). The lowest BCUT2D eigenvalue weighted by molar-refractivity contribution is -0.115. The lowest BCUT2D eigenvalue weighted by atomic mass is 9.88. The minimum Gasteiger partial charge on any atom is -0.465 e. The number of esters is 1. The summed E-state index contributed by atoms with van der Waals surface area (Å²) in [6, 6.07) is 7.50. The van der Waals surface area contributed by atoms with Crippen molar-refractivity contribution >= 4 is 45.7 Å². The van der Waals surface area contributed by atoms with Gasteiger partial charge in [0.05, 0.1) is 17.9 Å². The van der Waals surface area contributed by atoms with Crippen LogP contribution in [0.5, 0.6) is 0 Å². The Hall–Kier alpha value is -1.99. The molecule has 0 spiro atoms. The van der Waals surface area contributed by atoms with Gasteiger partial charge in [-0.25, -0.2) is 4.79 Å². The van der Waals surface area contributed by atoms with Gasteiger partial charge in [0, 0.05) is 15.5 Å². The van der Waals surface area contributed by atoms with Crippen molar-refractivity contribution in [3.05, 3.63) is 40.3 Å². The largest absolute Gasteiger partial charge is 0.465 e. The number of carbonyl (C=O) groups is 2. The second kappa shape index (κ2) is 9.01. The predicted octanol–water partition coefficient (Wildman–Crippen LogP) is 4.75. The van der Waals surface area contributed by atoms with Gasteiger partial charge >= 0.3 is 5.97 Å². The van der Waals surface area contributed by atoms with Crippen LogP contribution in [0.1, 0.15) is 47.5 Å². The van der Waals surface area contributed by atoms with Gasteiger partial charge < -0.3 is 15.8 Å². The van der Waals surface area contributed by atoms with Crippen molar-refractivity contribution in [3.63, 3.8) is 0 Å². The zero-order valence-corrected chi connectivity index (χ0v) is 18.0. The third-order valence-corrected chi connectivity index (χ3v) is 7.51. The number of amides is 1. The number of hydrogen-bond donors (Lipinski definition) is 2. The van der Waals surface area contributed by atoms with Crippen LogP contribution in [0.4, 0.5) is 10.7 Å². The first-order valence-corrected chi connectivity index (χ1v) is 11.2. The van der Waals surface area contributed by atoms with Gasteiger partial charge in [-0.15, -0.1) is 23.1 Å². The van der Waals surface area contributed by atoms with Crippen molar-refractivity contribution in [1.29, 1.82) is 0 Å². The van der Waals surface area contributed by atoms with E-state index in [2.05, 4.69) is 12.2 Å². The zero-order valence-electron chi connectivity index (χ0n) is 16.4. The number of methoxy groups -OCH3 is 1. The Kier molecular flexibility index (Phi) is 6.67. The number of rotatable bonds is 6. The van der Waals surface area contributed by atoms with Crippen molar-refractivity contribution in [2.24, 2.45) is 5.92 Å². The van der Waals surface area contributed by atoms with Gasteiger partial charge in [-0.1, -0.05) is 13.8 Å². The fourth-order valence-corrected chi connectivity index (χ4v) is 5.74. The van der Waals surface area contributed by atoms with Crippen LogP contribution in [0.3, 0.4) is 0 Å². The number of benzene rings is 1. The highest BCUT2D eigenvalue weighted by atomic mass is 32.2. The summed E-state index contributed by atoms with van der Waals surface area (Å²) < 4.78 is 5.00. The summed E-state index contributed by atoms with van der Waals surface area (Å²) in [5, 5.41) is 3.37. The number of thioether (sulfide) groups is 1. The maximum absolute atomic E-state index is 13.0. The second-order valence-electron chi connectivity index (χ2n) is 7.12. The summed E-state index contributed by atoms with van der Waals surface area (Å²) in [4.78, 5) is 27.5. The van der Waals surface area contributed by atoms with Crippen LogP contribution < -0.4 is 11.1 Å². The molecule has 2 aromatic rings. The molecule has 1 aliphatic rings. The smallest absolute Gasteiger partial charge is 0.341 e. The Morgan fingerprint density at radius 1 is 1.36 bits per heavy atom. The number of thiophene rings is 1. The van der Waals surface area contributed by atoms with Crippen LogP contribution >= 0.6 is 23.1 Å². The molecule has 1 heterocycles. The van der Waals surface area contributed by atoms with Crippen LogP contribution in [0.15, 0.2) is 29.2 Å². The number of ether oxygens (including phenoxy) is 1. The molecule has 1 aliphatic carbocycles. The number of nitrogens with two attached hydrogens (primary N) is 1. The normalized spacial score (nSPS) is 16.9. The third kappa shape index (κ3) is 4.52. The molecule has 1 aromatic carbocycles. The second-order valence-corrected chi connectivity index (χ2v) is 9.50. The number of carbonyl (C=O) groups excluding carboxylic acids is 2. The minimum absolute atomic E-state index is 0.0962. The molecule has 5 nitrogen and oxygen atoms in total. The van der Waals surface area contributed by atoms with Crippen LogP contribution in [0, 0.1) is 5.92 Å². The van der Waals surface area contributed by atoms with E-state index < -0.39 is 0 Å². The molecule has 7 heteroatoms. The first-order valence-electron chi connectivity index (χ1n) is 9.48. The Morgan fingerprint density at radius 2 is 2.07 bits per heavy atom. The summed E-state index contributed by atoms with van der Waals surface area (Å²) in [6.45, 7) is 4.20. The molecule has 2 atom stereocenters. The summed E-state index contributed by atoms with van der Waals surface area (Å²) in [5.41, 5.74) is 8.02. The SMILES string of the molecule is CCC(Sc1ccc(N)cc1)C(=O)Nc1sc2c(c1C(=O)OC)CCC(C)C2. The molecule has 28 heavy (non-hydrogen) atoms. The maximum Gasteiger partial charge on any atom is 0.341 e. The molecule has 0 aliphatic heterocycles. The molecule has 1 amide bonds. The van der Waals surface area contributed by atoms with Gasteiger partial charge in [-0.05, 0) is 61.4 Å². The lowest BCUT2D eigenvalue weighted by Crippen LogP contribution is -2.25. The van der Waals surface area contributed by atoms with Crippen molar-refractivity contribution in [3.8, 4) is 0 Å². The van der Waals surface area contributed by atoms with Gasteiger partial charge in [-0.3, -0.25) is 4.79 Å². The fourth-order valence-electron chi connectivity index (χ4n) is 3.38. The number of anilines is 2. The van der Waals surface area contributed by atoms with Gasteiger partial charge in [0.25, 0.3) is 0 Å². The molecule has 0 radical (unpaired) electrons.